The van der Waals surface area contributed by atoms with E-state index in [1.54, 1.807) is 23.1 Å². The molecule has 0 saturated heterocycles. The summed E-state index contributed by atoms with van der Waals surface area (Å²) in [6, 6.07) is 29.9. The summed E-state index contributed by atoms with van der Waals surface area (Å²) < 4.78 is 8.73. The Morgan fingerprint density at radius 3 is 1.68 bits per heavy atom. The summed E-state index contributed by atoms with van der Waals surface area (Å²) in [5.41, 5.74) is 15.2. The van der Waals surface area contributed by atoms with Crippen molar-refractivity contribution in [3.05, 3.63) is 184 Å². The zero-order chi connectivity index (χ0) is 54.4. The molecule has 2 aliphatic heterocycles. The zero-order valence-corrected chi connectivity index (χ0v) is 45.6. The van der Waals surface area contributed by atoms with Gasteiger partial charge in [0.15, 0.2) is 0 Å². The highest BCUT2D eigenvalue weighted by Crippen LogP contribution is 2.37. The number of aliphatic carboxylic acids is 1. The van der Waals surface area contributed by atoms with Crippen molar-refractivity contribution in [3.8, 4) is 0 Å². The predicted molar refractivity (Wildman–Crippen MR) is 302 cm³/mol. The number of nitrogens with one attached hydrogen (secondary N) is 1. The number of aryl methyl sites for hydroxylation is 4. The number of ether oxygens (including phenoxy) is 1. The van der Waals surface area contributed by atoms with Crippen LogP contribution in [-0.2, 0) is 53.3 Å². The third-order valence-electron chi connectivity index (χ3n) is 14.1. The summed E-state index contributed by atoms with van der Waals surface area (Å²) >= 11 is 23.3. The van der Waals surface area contributed by atoms with Crippen molar-refractivity contribution in [1.29, 1.82) is 0 Å². The van der Waals surface area contributed by atoms with E-state index in [1.807, 2.05) is 47.5 Å². The molecule has 2 unspecified atom stereocenters. The summed E-state index contributed by atoms with van der Waals surface area (Å²) in [7, 11) is 1.44. The number of nitrogens with zero attached hydrogens (tertiary/aromatic N) is 7. The average molecular weight is 1120 g/mol. The van der Waals surface area contributed by atoms with Gasteiger partial charge in [0.2, 0.25) is 0 Å². The molecular weight excluding hydrogens is 1060 g/mol. The number of carbonyl (C=O) groups is 4. The number of benzene rings is 6. The predicted octanol–water partition coefficient (Wildman–Crippen LogP) is 12.3. The number of hydrogen-bond donors (Lipinski definition) is 3. The molecular formula is C58H60Cl4N8O7. The molecule has 3 N–H and O–H groups in total. The fourth-order valence-corrected chi connectivity index (χ4v) is 10.5. The molecule has 2 aliphatic rings. The van der Waals surface area contributed by atoms with E-state index >= 15 is 0 Å². The van der Waals surface area contributed by atoms with Crippen molar-refractivity contribution in [2.24, 2.45) is 0 Å². The van der Waals surface area contributed by atoms with Crippen molar-refractivity contribution in [2.45, 2.75) is 98.8 Å². The molecule has 8 aromatic rings. The van der Waals surface area contributed by atoms with Crippen LogP contribution in [0.3, 0.4) is 0 Å². The number of aromatic carboxylic acids is 1. The second-order valence-electron chi connectivity index (χ2n) is 18.6. The van der Waals surface area contributed by atoms with Crippen molar-refractivity contribution in [1.82, 2.24) is 40.2 Å². The number of fused-ring (bicyclic) bond motifs is 4. The van der Waals surface area contributed by atoms with Crippen LogP contribution in [0, 0.1) is 13.8 Å². The molecule has 0 fully saturated rings. The van der Waals surface area contributed by atoms with Gasteiger partial charge in [-0.3, -0.25) is 14.4 Å². The quantitative estimate of drug-likeness (QED) is 0.0981. The molecule has 19 heteroatoms. The molecule has 10 rings (SSSR count). The molecule has 6 aromatic carbocycles. The topological polar surface area (TPSA) is 195 Å². The molecule has 77 heavy (non-hydrogen) atoms. The Labute approximate surface area is 467 Å². The van der Waals surface area contributed by atoms with E-state index in [-0.39, 0.29) is 48.1 Å². The number of halogens is 4. The van der Waals surface area contributed by atoms with Crippen molar-refractivity contribution >= 4 is 92.3 Å². The molecule has 0 aliphatic carbocycles. The molecule has 0 spiro atoms. The first kappa shape index (κ1) is 57.8. The van der Waals surface area contributed by atoms with Crippen LogP contribution < -0.4 is 5.32 Å². The third kappa shape index (κ3) is 12.9. The van der Waals surface area contributed by atoms with E-state index in [0.717, 1.165) is 99.1 Å². The van der Waals surface area contributed by atoms with E-state index < -0.39 is 11.9 Å². The summed E-state index contributed by atoms with van der Waals surface area (Å²) in [5.74, 6) is -2.65. The van der Waals surface area contributed by atoms with E-state index in [2.05, 4.69) is 76.2 Å². The fourth-order valence-electron chi connectivity index (χ4n) is 9.95. The molecule has 0 radical (unpaired) electrons. The third-order valence-corrected chi connectivity index (χ3v) is 15.6. The molecule has 15 nitrogen and oxygen atoms in total. The van der Waals surface area contributed by atoms with Gasteiger partial charge in [0.05, 0.1) is 56.6 Å². The first-order valence-electron chi connectivity index (χ1n) is 24.8. The smallest absolute Gasteiger partial charge is 0.335 e. The highest BCUT2D eigenvalue weighted by atomic mass is 35.5. The average Bonchev–Trinajstić information content (AvgIpc) is 4.10. The van der Waals surface area contributed by atoms with Crippen LogP contribution in [-0.4, -0.2) is 89.1 Å². The van der Waals surface area contributed by atoms with Crippen LogP contribution >= 0.6 is 46.4 Å². The molecule has 0 bridgehead atoms. The largest absolute Gasteiger partial charge is 0.481 e. The number of carboxylic acid groups (broad SMARTS) is 2. The lowest BCUT2D eigenvalue weighted by Crippen LogP contribution is -2.36. The number of methoxy groups -OCH3 is 1. The number of rotatable bonds is 12. The highest BCUT2D eigenvalue weighted by Gasteiger charge is 2.28. The minimum atomic E-state index is -1.01. The van der Waals surface area contributed by atoms with Crippen molar-refractivity contribution in [3.63, 3.8) is 0 Å². The lowest BCUT2D eigenvalue weighted by atomic mass is 9.83. The summed E-state index contributed by atoms with van der Waals surface area (Å²) in [4.78, 5) is 49.5. The van der Waals surface area contributed by atoms with E-state index in [1.165, 1.54) is 36.4 Å². The standard InChI is InChI=1S/C28H26Cl2N4O3.C22H26N4O2.C7H4Cl2O2.CH4/c1-3-34-25-9-7-21(16(2)27(25)31-32-34)22(14-26(35)36)18-5-4-17-10-11-33(15-20(17)12-18)28(37)19-6-8-23(29)24(30)13-19;1-4-26-20-8-7-18(14(2)22(20)24-25-26)19(12-21(27)28-3)16-6-5-15-9-10-23-13-17(15)11-16;8-5-2-1-4(7(10)11)3-6(5)9;/h4-9,12-13,22H,3,10-11,14-15H2,1-2H3,(H,35,36);5-8,11,19,23H,4,9-10,12-13H2,1-3H3;1-3H,(H,10,11);1H4. The molecule has 1 amide bonds. The number of aromatic nitrogens is 6. The van der Waals surface area contributed by atoms with Crippen LogP contribution in [0.1, 0.15) is 122 Å². The summed E-state index contributed by atoms with van der Waals surface area (Å²) in [6.07, 6.45) is 2.01. The van der Waals surface area contributed by atoms with Crippen LogP contribution in [0.2, 0.25) is 20.1 Å². The van der Waals surface area contributed by atoms with Gasteiger partial charge in [-0.25, -0.2) is 14.2 Å². The van der Waals surface area contributed by atoms with Crippen LogP contribution in [0.15, 0.2) is 97.1 Å². The van der Waals surface area contributed by atoms with E-state index in [4.69, 9.17) is 56.2 Å². The Bertz CT molecular complexity index is 3510. The zero-order valence-electron chi connectivity index (χ0n) is 42.5. The van der Waals surface area contributed by atoms with Gasteiger partial charge >= 0.3 is 17.9 Å². The van der Waals surface area contributed by atoms with Gasteiger partial charge in [-0.1, -0.05) is 113 Å². The lowest BCUT2D eigenvalue weighted by molar-refractivity contribution is -0.141. The molecule has 402 valence electrons. The SMILES string of the molecule is C.CCn1nnc2c(C)c(C(CC(=O)O)c3ccc4c(c3)CN(C(=O)c3ccc(Cl)c(Cl)c3)CC4)ccc21.CCn1nnc2c(C)c(C(CC(=O)OC)c3ccc4c(c3)CNCC4)ccc21.O=C(O)c1ccc(Cl)c(Cl)c1. The number of carboxylic acids is 2. The first-order chi connectivity index (χ1) is 36.5. The molecule has 2 aromatic heterocycles. The van der Waals surface area contributed by atoms with E-state index in [0.29, 0.717) is 46.7 Å². The molecule has 0 saturated carbocycles. The second-order valence-corrected chi connectivity index (χ2v) is 20.2. The number of esters is 1. The van der Waals surface area contributed by atoms with Crippen LogP contribution in [0.4, 0.5) is 0 Å². The lowest BCUT2D eigenvalue weighted by Gasteiger charge is -2.30. The minimum absolute atomic E-state index is 0. The van der Waals surface area contributed by atoms with Gasteiger partial charge < -0.3 is 25.2 Å². The Morgan fingerprint density at radius 2 is 1.16 bits per heavy atom. The highest BCUT2D eigenvalue weighted by molar-refractivity contribution is 6.42. The number of hydrogen-bond acceptors (Lipinski definition) is 10. The normalized spacial score (nSPS) is 13.4. The summed E-state index contributed by atoms with van der Waals surface area (Å²) in [6.45, 7) is 12.5. The Kier molecular flexibility index (Phi) is 19.2. The monoisotopic (exact) mass is 1120 g/mol. The first-order valence-corrected chi connectivity index (χ1v) is 26.3. The van der Waals surface area contributed by atoms with E-state index in [9.17, 15) is 24.3 Å². The Balaban J connectivity index is 0.000000189. The second kappa shape index (κ2) is 25.5. The maximum Gasteiger partial charge on any atom is 0.335 e. The number of amides is 1. The maximum atomic E-state index is 13.2. The van der Waals surface area contributed by atoms with Gasteiger partial charge in [-0.2, -0.15) is 0 Å². The van der Waals surface area contributed by atoms with Gasteiger partial charge in [-0.15, -0.1) is 10.2 Å². The Hall–Kier alpha value is -6.88. The van der Waals surface area contributed by atoms with Gasteiger partial charge in [0, 0.05) is 50.1 Å². The number of carbonyl (C=O) groups excluding carboxylic acids is 2. The van der Waals surface area contributed by atoms with Crippen LogP contribution in [0.5, 0.6) is 0 Å². The Morgan fingerprint density at radius 1 is 0.636 bits per heavy atom. The van der Waals surface area contributed by atoms with Gasteiger partial charge in [0.1, 0.15) is 11.0 Å². The van der Waals surface area contributed by atoms with Crippen molar-refractivity contribution in [2.75, 3.05) is 20.2 Å². The molecule has 4 heterocycles. The van der Waals surface area contributed by atoms with Gasteiger partial charge in [0.25, 0.3) is 5.91 Å². The van der Waals surface area contributed by atoms with Crippen molar-refractivity contribution < 1.29 is 34.1 Å². The minimum Gasteiger partial charge on any atom is -0.481 e. The summed E-state index contributed by atoms with van der Waals surface area (Å²) in [5, 5.41) is 40.3. The fraction of sp³-hybridized carbons (Fsp3) is 0.310. The maximum absolute atomic E-state index is 13.2. The van der Waals surface area contributed by atoms with Gasteiger partial charge in [-0.05, 0) is 151 Å². The molecule has 2 atom stereocenters. The van der Waals surface area contributed by atoms with Crippen LogP contribution in [0.25, 0.3) is 22.1 Å².